The van der Waals surface area contributed by atoms with Gasteiger partial charge in [0.1, 0.15) is 0 Å². The summed E-state index contributed by atoms with van der Waals surface area (Å²) >= 11 is 0. The molecule has 0 fully saturated rings. The molecular weight excluding hydrogens is 278 g/mol. The third-order valence-corrected chi connectivity index (χ3v) is 5.70. The number of anilines is 2. The molecule has 0 atom stereocenters. The van der Waals surface area contributed by atoms with Crippen LogP contribution >= 0.6 is 0 Å². The largest absolute Gasteiger partial charge is 0.344 e. The normalized spacial score (nSPS) is 18.3. The molecule has 0 unspecified atom stereocenters. The van der Waals surface area contributed by atoms with Gasteiger partial charge in [-0.1, -0.05) is 52.0 Å². The molecule has 0 aliphatic heterocycles. The summed E-state index contributed by atoms with van der Waals surface area (Å²) in [6.45, 7) is 11.7. The van der Waals surface area contributed by atoms with Gasteiger partial charge in [-0.05, 0) is 65.5 Å². The summed E-state index contributed by atoms with van der Waals surface area (Å²) in [5.74, 6) is 0. The lowest BCUT2D eigenvalue weighted by Gasteiger charge is -2.42. The molecule has 122 valence electrons. The molecule has 1 heteroatoms. The lowest BCUT2D eigenvalue weighted by Crippen LogP contribution is -2.34. The van der Waals surface area contributed by atoms with Gasteiger partial charge in [0.05, 0.1) is 0 Å². The van der Waals surface area contributed by atoms with Gasteiger partial charge >= 0.3 is 0 Å². The molecule has 0 saturated carbocycles. The van der Waals surface area contributed by atoms with Crippen LogP contribution in [0.25, 0.3) is 0 Å². The van der Waals surface area contributed by atoms with Crippen molar-refractivity contribution < 1.29 is 0 Å². The molecule has 1 nitrogen and oxygen atoms in total. The molecule has 3 rings (SSSR count). The highest BCUT2D eigenvalue weighted by atomic mass is 15.1. The minimum absolute atomic E-state index is 0.257. The summed E-state index contributed by atoms with van der Waals surface area (Å²) in [4.78, 5) is 2.31. The van der Waals surface area contributed by atoms with Crippen LogP contribution in [-0.2, 0) is 10.8 Å². The Morgan fingerprint density at radius 2 is 1.43 bits per heavy atom. The maximum absolute atomic E-state index is 2.42. The van der Waals surface area contributed by atoms with Crippen molar-refractivity contribution >= 4 is 11.4 Å². The van der Waals surface area contributed by atoms with Gasteiger partial charge in [0.2, 0.25) is 0 Å². The van der Waals surface area contributed by atoms with Crippen LogP contribution < -0.4 is 4.90 Å². The predicted molar refractivity (Wildman–Crippen MR) is 101 cm³/mol. The summed E-state index contributed by atoms with van der Waals surface area (Å²) in [6.07, 6.45) is 2.52. The number of hydrogen-bond acceptors (Lipinski definition) is 1. The molecule has 0 saturated heterocycles. The summed E-state index contributed by atoms with van der Waals surface area (Å²) in [7, 11) is 2.17. The first kappa shape index (κ1) is 16.1. The molecule has 0 spiro atoms. The van der Waals surface area contributed by atoms with E-state index < -0.39 is 0 Å². The fourth-order valence-electron chi connectivity index (χ4n) is 3.86. The van der Waals surface area contributed by atoms with Crippen molar-refractivity contribution in [3.8, 4) is 0 Å². The van der Waals surface area contributed by atoms with Gasteiger partial charge in [-0.15, -0.1) is 0 Å². The summed E-state index contributed by atoms with van der Waals surface area (Å²) < 4.78 is 0. The van der Waals surface area contributed by atoms with E-state index in [0.717, 1.165) is 0 Å². The smallest absolute Gasteiger partial charge is 0.0437 e. The molecule has 0 N–H and O–H groups in total. The fraction of sp³-hybridized carbons (Fsp3) is 0.455. The molecule has 0 aromatic heterocycles. The molecule has 0 bridgehead atoms. The molecule has 1 aliphatic carbocycles. The topological polar surface area (TPSA) is 3.24 Å². The van der Waals surface area contributed by atoms with Crippen molar-refractivity contribution in [2.45, 2.75) is 58.3 Å². The van der Waals surface area contributed by atoms with Crippen LogP contribution in [0.4, 0.5) is 11.4 Å². The number of nitrogens with zero attached hydrogens (tertiary/aromatic N) is 1. The maximum atomic E-state index is 2.42. The van der Waals surface area contributed by atoms with Crippen LogP contribution in [0.5, 0.6) is 0 Å². The Kier molecular flexibility index (Phi) is 3.78. The first-order chi connectivity index (χ1) is 10.7. The SMILES string of the molecule is Cc1ccccc1N(C)c1ccc2c(c1)C(C)(C)CCC2(C)C. The molecule has 0 heterocycles. The number of fused-ring (bicyclic) bond motifs is 1. The fourth-order valence-corrected chi connectivity index (χ4v) is 3.86. The van der Waals surface area contributed by atoms with Crippen molar-refractivity contribution in [2.24, 2.45) is 0 Å². The van der Waals surface area contributed by atoms with Crippen molar-refractivity contribution in [1.82, 2.24) is 0 Å². The lowest BCUT2D eigenvalue weighted by atomic mass is 9.63. The number of aryl methyl sites for hydroxylation is 1. The van der Waals surface area contributed by atoms with Gasteiger partial charge in [0, 0.05) is 18.4 Å². The minimum Gasteiger partial charge on any atom is -0.344 e. The zero-order valence-electron chi connectivity index (χ0n) is 15.4. The summed E-state index contributed by atoms with van der Waals surface area (Å²) in [6, 6.07) is 15.7. The van der Waals surface area contributed by atoms with Gasteiger partial charge in [0.25, 0.3) is 0 Å². The average Bonchev–Trinajstić information content (AvgIpc) is 2.51. The second kappa shape index (κ2) is 5.40. The summed E-state index contributed by atoms with van der Waals surface area (Å²) in [5.41, 5.74) is 7.46. The highest BCUT2D eigenvalue weighted by Gasteiger charge is 2.37. The van der Waals surface area contributed by atoms with Gasteiger partial charge in [-0.3, -0.25) is 0 Å². The van der Waals surface area contributed by atoms with Gasteiger partial charge in [-0.25, -0.2) is 0 Å². The Morgan fingerprint density at radius 3 is 2.09 bits per heavy atom. The lowest BCUT2D eigenvalue weighted by molar-refractivity contribution is 0.332. The summed E-state index contributed by atoms with van der Waals surface area (Å²) in [5, 5.41) is 0. The Hall–Kier alpha value is -1.76. The third-order valence-electron chi connectivity index (χ3n) is 5.70. The van der Waals surface area contributed by atoms with Crippen LogP contribution in [0.1, 0.15) is 57.2 Å². The molecular formula is C22H29N. The van der Waals surface area contributed by atoms with Crippen LogP contribution in [-0.4, -0.2) is 7.05 Å². The van der Waals surface area contributed by atoms with Crippen LogP contribution in [0, 0.1) is 6.92 Å². The van der Waals surface area contributed by atoms with Crippen LogP contribution in [0.3, 0.4) is 0 Å². The van der Waals surface area contributed by atoms with E-state index in [2.05, 4.69) is 89.0 Å². The van der Waals surface area contributed by atoms with Gasteiger partial charge in [-0.2, -0.15) is 0 Å². The second-order valence-electron chi connectivity index (χ2n) is 8.34. The van der Waals surface area contributed by atoms with Crippen molar-refractivity contribution in [3.05, 3.63) is 59.2 Å². The van der Waals surface area contributed by atoms with Crippen molar-refractivity contribution in [3.63, 3.8) is 0 Å². The third kappa shape index (κ3) is 2.78. The van der Waals surface area contributed by atoms with E-state index in [9.17, 15) is 0 Å². The van der Waals surface area contributed by atoms with E-state index in [0.29, 0.717) is 0 Å². The molecule has 0 amide bonds. The number of para-hydroxylation sites is 1. The quantitative estimate of drug-likeness (QED) is 0.646. The average molecular weight is 307 g/mol. The molecule has 2 aromatic rings. The molecule has 2 aromatic carbocycles. The Morgan fingerprint density at radius 1 is 0.826 bits per heavy atom. The van der Waals surface area contributed by atoms with Crippen molar-refractivity contribution in [1.29, 1.82) is 0 Å². The van der Waals surface area contributed by atoms with Gasteiger partial charge < -0.3 is 4.90 Å². The number of rotatable bonds is 2. The zero-order valence-corrected chi connectivity index (χ0v) is 15.4. The molecule has 1 aliphatic rings. The van der Waals surface area contributed by atoms with E-state index in [1.54, 1.807) is 0 Å². The zero-order chi connectivity index (χ0) is 16.8. The van der Waals surface area contributed by atoms with E-state index in [-0.39, 0.29) is 10.8 Å². The van der Waals surface area contributed by atoms with E-state index in [1.807, 2.05) is 0 Å². The van der Waals surface area contributed by atoms with Crippen LogP contribution in [0.15, 0.2) is 42.5 Å². The maximum Gasteiger partial charge on any atom is 0.0437 e. The Labute approximate surface area is 141 Å². The predicted octanol–water partition coefficient (Wildman–Crippen LogP) is 6.11. The van der Waals surface area contributed by atoms with E-state index >= 15 is 0 Å². The Bertz CT molecular complexity index is 725. The highest BCUT2D eigenvalue weighted by molar-refractivity contribution is 5.67. The molecule has 23 heavy (non-hydrogen) atoms. The second-order valence-corrected chi connectivity index (χ2v) is 8.34. The van der Waals surface area contributed by atoms with E-state index in [1.165, 1.54) is 40.9 Å². The monoisotopic (exact) mass is 307 g/mol. The standard InChI is InChI=1S/C22H29N/c1-16-9-7-8-10-20(16)23(6)17-11-12-18-19(15-17)22(4,5)14-13-21(18,2)3/h7-12,15H,13-14H2,1-6H3. The number of hydrogen-bond donors (Lipinski definition) is 0. The number of benzene rings is 2. The van der Waals surface area contributed by atoms with E-state index in [4.69, 9.17) is 0 Å². The first-order valence-electron chi connectivity index (χ1n) is 8.67. The first-order valence-corrected chi connectivity index (χ1v) is 8.67. The Balaban J connectivity index is 2.09. The van der Waals surface area contributed by atoms with Crippen LogP contribution in [0.2, 0.25) is 0 Å². The van der Waals surface area contributed by atoms with Gasteiger partial charge in [0.15, 0.2) is 0 Å². The molecule has 0 radical (unpaired) electrons. The highest BCUT2D eigenvalue weighted by Crippen LogP contribution is 2.47. The minimum atomic E-state index is 0.257. The van der Waals surface area contributed by atoms with Crippen molar-refractivity contribution in [2.75, 3.05) is 11.9 Å².